The lowest BCUT2D eigenvalue weighted by Gasteiger charge is -2.34. The molecular weight excluding hydrogens is 254 g/mol. The predicted octanol–water partition coefficient (Wildman–Crippen LogP) is 0.942. The Morgan fingerprint density at radius 1 is 1.55 bits per heavy atom. The number of carbonyl (C=O) groups excluding carboxylic acids is 1. The maximum Gasteiger partial charge on any atom is 0.326 e. The molecule has 1 rings (SSSR count). The normalized spacial score (nSPS) is 24.6. The van der Waals surface area contributed by atoms with E-state index in [9.17, 15) is 4.79 Å². The molecule has 1 heterocycles. The molecule has 0 radical (unpaired) electrons. The maximum absolute atomic E-state index is 12.1. The van der Waals surface area contributed by atoms with Gasteiger partial charge in [-0.25, -0.2) is 0 Å². The summed E-state index contributed by atoms with van der Waals surface area (Å²) in [4.78, 5) is 16.9. The molecule has 5 nitrogen and oxygen atoms in total. The molecule has 3 unspecified atom stereocenters. The Morgan fingerprint density at radius 2 is 2.20 bits per heavy atom. The minimum absolute atomic E-state index is 0.155. The van der Waals surface area contributed by atoms with Gasteiger partial charge in [-0.1, -0.05) is 0 Å². The minimum Gasteiger partial charge on any atom is -0.465 e. The second-order valence-corrected chi connectivity index (χ2v) is 6.26. The number of nitrogens with one attached hydrogen (secondary N) is 1. The van der Waals surface area contributed by atoms with Crippen LogP contribution in [0.4, 0.5) is 0 Å². The molecule has 1 aliphatic heterocycles. The summed E-state index contributed by atoms with van der Waals surface area (Å²) in [5, 5.41) is 3.14. The largest absolute Gasteiger partial charge is 0.465 e. The average molecular weight is 285 g/mol. The summed E-state index contributed by atoms with van der Waals surface area (Å²) in [5.74, 6) is -0.155. The zero-order valence-corrected chi connectivity index (χ0v) is 13.9. The van der Waals surface area contributed by atoms with Gasteiger partial charge < -0.3 is 15.0 Å². The highest BCUT2D eigenvalue weighted by Crippen LogP contribution is 2.22. The first-order valence-corrected chi connectivity index (χ1v) is 7.60. The lowest BCUT2D eigenvalue weighted by Crippen LogP contribution is -2.52. The summed E-state index contributed by atoms with van der Waals surface area (Å²) in [7, 11) is 6.10. The Kier molecular flexibility index (Phi) is 6.43. The van der Waals surface area contributed by atoms with E-state index in [2.05, 4.69) is 36.1 Å². The lowest BCUT2D eigenvalue weighted by molar-refractivity contribution is -0.151. The van der Waals surface area contributed by atoms with Crippen molar-refractivity contribution in [1.29, 1.82) is 0 Å². The summed E-state index contributed by atoms with van der Waals surface area (Å²) in [6.07, 6.45) is 1.97. The van der Waals surface area contributed by atoms with Crippen LogP contribution in [0.3, 0.4) is 0 Å². The Hall–Kier alpha value is -0.650. The smallest absolute Gasteiger partial charge is 0.326 e. The van der Waals surface area contributed by atoms with Crippen molar-refractivity contribution < 1.29 is 9.53 Å². The van der Waals surface area contributed by atoms with Gasteiger partial charge in [-0.15, -0.1) is 0 Å². The van der Waals surface area contributed by atoms with Crippen LogP contribution < -0.4 is 5.32 Å². The summed E-state index contributed by atoms with van der Waals surface area (Å²) in [6.45, 7) is 8.59. The van der Waals surface area contributed by atoms with Crippen LogP contribution >= 0.6 is 0 Å². The van der Waals surface area contributed by atoms with E-state index in [0.717, 1.165) is 19.5 Å². The van der Waals surface area contributed by atoms with Gasteiger partial charge in [0.05, 0.1) is 6.61 Å². The third-order valence-electron chi connectivity index (χ3n) is 4.53. The number of nitrogens with zero attached hydrogens (tertiary/aromatic N) is 2. The van der Waals surface area contributed by atoms with Gasteiger partial charge in [-0.3, -0.25) is 9.69 Å². The fraction of sp³-hybridized carbons (Fsp3) is 0.933. The highest BCUT2D eigenvalue weighted by Gasteiger charge is 2.37. The average Bonchev–Trinajstić information content (AvgIpc) is 2.88. The van der Waals surface area contributed by atoms with Crippen molar-refractivity contribution in [2.45, 2.75) is 51.2 Å². The van der Waals surface area contributed by atoms with E-state index < -0.39 is 5.54 Å². The number of ether oxygens (including phenoxy) is 1. The first kappa shape index (κ1) is 17.4. The van der Waals surface area contributed by atoms with Crippen molar-refractivity contribution in [1.82, 2.24) is 15.1 Å². The molecule has 0 bridgehead atoms. The number of hydrogen-bond donors (Lipinski definition) is 1. The molecular formula is C15H31N3O2. The molecule has 0 aromatic heterocycles. The minimum atomic E-state index is -0.606. The zero-order chi connectivity index (χ0) is 15.3. The van der Waals surface area contributed by atoms with E-state index in [1.165, 1.54) is 6.42 Å². The third kappa shape index (κ3) is 4.17. The molecule has 3 atom stereocenters. The van der Waals surface area contributed by atoms with Crippen LogP contribution in [-0.4, -0.2) is 74.2 Å². The van der Waals surface area contributed by atoms with Gasteiger partial charge in [0.1, 0.15) is 5.54 Å². The molecule has 0 aromatic carbocycles. The molecule has 0 aromatic rings. The number of esters is 1. The lowest BCUT2D eigenvalue weighted by atomic mass is 9.93. The van der Waals surface area contributed by atoms with Gasteiger partial charge in [0.15, 0.2) is 0 Å². The van der Waals surface area contributed by atoms with Crippen molar-refractivity contribution >= 4 is 5.97 Å². The van der Waals surface area contributed by atoms with Crippen molar-refractivity contribution in [2.24, 2.45) is 0 Å². The number of likely N-dealkylation sites (tertiary alicyclic amines) is 1. The summed E-state index contributed by atoms with van der Waals surface area (Å²) < 4.78 is 5.19. The van der Waals surface area contributed by atoms with Crippen LogP contribution in [0, 0.1) is 0 Å². The van der Waals surface area contributed by atoms with Crippen LogP contribution in [0.5, 0.6) is 0 Å². The van der Waals surface area contributed by atoms with E-state index >= 15 is 0 Å². The molecule has 5 heteroatoms. The Bertz CT molecular complexity index is 322. The van der Waals surface area contributed by atoms with Gasteiger partial charge in [0.25, 0.3) is 0 Å². The van der Waals surface area contributed by atoms with Crippen molar-refractivity contribution in [3.63, 3.8) is 0 Å². The second-order valence-electron chi connectivity index (χ2n) is 6.26. The fourth-order valence-electron chi connectivity index (χ4n) is 2.89. The van der Waals surface area contributed by atoms with Crippen LogP contribution in [-0.2, 0) is 9.53 Å². The maximum atomic E-state index is 12.1. The topological polar surface area (TPSA) is 44.8 Å². The van der Waals surface area contributed by atoms with E-state index in [4.69, 9.17) is 4.74 Å². The van der Waals surface area contributed by atoms with Crippen molar-refractivity contribution in [2.75, 3.05) is 40.8 Å². The van der Waals surface area contributed by atoms with Crippen LogP contribution in [0.25, 0.3) is 0 Å². The van der Waals surface area contributed by atoms with Crippen LogP contribution in [0.15, 0.2) is 0 Å². The molecule has 20 heavy (non-hydrogen) atoms. The Labute approximate surface area is 123 Å². The van der Waals surface area contributed by atoms with Crippen molar-refractivity contribution in [3.8, 4) is 0 Å². The molecule has 1 fully saturated rings. The van der Waals surface area contributed by atoms with Gasteiger partial charge in [-0.05, 0) is 54.8 Å². The van der Waals surface area contributed by atoms with E-state index in [0.29, 0.717) is 18.7 Å². The van der Waals surface area contributed by atoms with Gasteiger partial charge >= 0.3 is 5.97 Å². The molecule has 0 spiro atoms. The molecule has 0 amide bonds. The van der Waals surface area contributed by atoms with Crippen LogP contribution in [0.1, 0.15) is 33.6 Å². The molecule has 1 N–H and O–H groups in total. The standard InChI is InChI=1S/C15H31N3O2/c1-7-20-14(19)15(3,16-4)10-12(2)18-9-8-13(11-18)17(5)6/h12-13,16H,7-11H2,1-6H3. The quantitative estimate of drug-likeness (QED) is 0.705. The van der Waals surface area contributed by atoms with Crippen molar-refractivity contribution in [3.05, 3.63) is 0 Å². The Morgan fingerprint density at radius 3 is 2.65 bits per heavy atom. The monoisotopic (exact) mass is 285 g/mol. The molecule has 0 aliphatic carbocycles. The highest BCUT2D eigenvalue weighted by atomic mass is 16.5. The number of rotatable bonds is 7. The second kappa shape index (κ2) is 7.38. The fourth-order valence-corrected chi connectivity index (χ4v) is 2.89. The predicted molar refractivity (Wildman–Crippen MR) is 81.8 cm³/mol. The molecule has 0 saturated carbocycles. The SMILES string of the molecule is CCOC(=O)C(C)(CC(C)N1CCC(N(C)C)C1)NC. The molecule has 118 valence electrons. The first-order valence-electron chi connectivity index (χ1n) is 7.60. The van der Waals surface area contributed by atoms with E-state index in [-0.39, 0.29) is 5.97 Å². The molecule has 1 saturated heterocycles. The number of carbonyl (C=O) groups is 1. The first-order chi connectivity index (χ1) is 9.34. The summed E-state index contributed by atoms with van der Waals surface area (Å²) in [5.41, 5.74) is -0.606. The van der Waals surface area contributed by atoms with Gasteiger partial charge in [0.2, 0.25) is 0 Å². The summed E-state index contributed by atoms with van der Waals surface area (Å²) in [6, 6.07) is 0.989. The van der Waals surface area contributed by atoms with E-state index in [1.807, 2.05) is 20.9 Å². The Balaban J connectivity index is 2.59. The highest BCUT2D eigenvalue weighted by molar-refractivity contribution is 5.80. The summed E-state index contributed by atoms with van der Waals surface area (Å²) >= 11 is 0. The van der Waals surface area contributed by atoms with Gasteiger partial charge in [-0.2, -0.15) is 0 Å². The van der Waals surface area contributed by atoms with Gasteiger partial charge in [0, 0.05) is 25.2 Å². The van der Waals surface area contributed by atoms with Crippen LogP contribution in [0.2, 0.25) is 0 Å². The number of likely N-dealkylation sites (N-methyl/N-ethyl adjacent to an activating group) is 2. The molecule has 1 aliphatic rings. The number of hydrogen-bond acceptors (Lipinski definition) is 5. The van der Waals surface area contributed by atoms with E-state index in [1.54, 1.807) is 0 Å². The zero-order valence-electron chi connectivity index (χ0n) is 13.9. The third-order valence-corrected chi connectivity index (χ3v) is 4.53.